The van der Waals surface area contributed by atoms with E-state index in [1.54, 1.807) is 24.4 Å². The fourth-order valence-corrected chi connectivity index (χ4v) is 3.58. The highest BCUT2D eigenvalue weighted by atomic mass is 32.2. The number of nitrogens with zero attached hydrogens (tertiary/aromatic N) is 2. The summed E-state index contributed by atoms with van der Waals surface area (Å²) in [6.07, 6.45) is -4.54. The summed E-state index contributed by atoms with van der Waals surface area (Å²) in [6.45, 7) is 1.60. The van der Waals surface area contributed by atoms with E-state index in [9.17, 15) is 18.0 Å². The van der Waals surface area contributed by atoms with Crippen LogP contribution in [0.15, 0.2) is 28.6 Å². The first kappa shape index (κ1) is 18.3. The molecule has 0 spiro atoms. The van der Waals surface area contributed by atoms with Crippen LogP contribution in [0, 0.1) is 11.3 Å². The lowest BCUT2D eigenvalue weighted by molar-refractivity contribution is -0.138. The van der Waals surface area contributed by atoms with Gasteiger partial charge in [0.1, 0.15) is 16.3 Å². The maximum atomic E-state index is 13.3. The molecule has 2 rings (SSSR count). The number of nitriles is 1. The molecule has 2 heterocycles. The molecule has 0 amide bonds. The molecule has 4 nitrogen and oxygen atoms in total. The second kappa shape index (κ2) is 7.23. The summed E-state index contributed by atoms with van der Waals surface area (Å²) in [6, 6.07) is 5.63. The smallest absolute Gasteiger partial charge is 0.417 e. The lowest BCUT2D eigenvalue weighted by atomic mass is 10.1. The number of thiophene rings is 1. The Hall–Kier alpha value is -2.05. The molecular formula is C15H11F3N2O2S2. The van der Waals surface area contributed by atoms with E-state index in [0.29, 0.717) is 16.6 Å². The molecule has 0 bridgehead atoms. The Morgan fingerprint density at radius 3 is 2.71 bits per heavy atom. The van der Waals surface area contributed by atoms with Gasteiger partial charge in [-0.1, -0.05) is 24.8 Å². The minimum atomic E-state index is -4.74. The Morgan fingerprint density at radius 2 is 2.25 bits per heavy atom. The lowest BCUT2D eigenvalue weighted by Gasteiger charge is -2.15. The number of alkyl halides is 3. The van der Waals surface area contributed by atoms with E-state index in [2.05, 4.69) is 4.98 Å². The van der Waals surface area contributed by atoms with Gasteiger partial charge in [0.05, 0.1) is 21.7 Å². The van der Waals surface area contributed by atoms with Gasteiger partial charge in [0, 0.05) is 0 Å². The van der Waals surface area contributed by atoms with Gasteiger partial charge in [0.15, 0.2) is 0 Å². The van der Waals surface area contributed by atoms with Crippen LogP contribution in [0.2, 0.25) is 0 Å². The molecular weight excluding hydrogens is 361 g/mol. The van der Waals surface area contributed by atoms with Crippen molar-refractivity contribution in [2.75, 3.05) is 0 Å². The lowest BCUT2D eigenvalue weighted by Crippen LogP contribution is -2.17. The van der Waals surface area contributed by atoms with Crippen molar-refractivity contribution in [2.45, 2.75) is 29.8 Å². The third-order valence-electron chi connectivity index (χ3n) is 3.08. The first-order valence-corrected chi connectivity index (χ1v) is 8.49. The van der Waals surface area contributed by atoms with Crippen molar-refractivity contribution in [1.82, 2.24) is 4.98 Å². The zero-order valence-electron chi connectivity index (χ0n) is 12.3. The van der Waals surface area contributed by atoms with Crippen molar-refractivity contribution in [1.29, 1.82) is 5.26 Å². The van der Waals surface area contributed by atoms with Crippen LogP contribution < -0.4 is 0 Å². The third-order valence-corrected chi connectivity index (χ3v) is 5.31. The van der Waals surface area contributed by atoms with Gasteiger partial charge in [-0.25, -0.2) is 4.98 Å². The number of carboxylic acids is 1. The average molecular weight is 372 g/mol. The fraction of sp³-hybridized carbons (Fsp3) is 0.267. The molecule has 1 unspecified atom stereocenters. The average Bonchev–Trinajstić information content (AvgIpc) is 3.04. The van der Waals surface area contributed by atoms with Gasteiger partial charge < -0.3 is 5.11 Å². The second-order valence-electron chi connectivity index (χ2n) is 4.68. The standard InChI is InChI=1S/C15H11F3N2O2S2/c1-2-11(14(21)22)24-13-8(7-19)9(15(16,17)18)6-10(20-13)12-4-3-5-23-12/h3-6,11H,2H2,1H3,(H,21,22). The van der Waals surface area contributed by atoms with Gasteiger partial charge in [0.25, 0.3) is 0 Å². The molecule has 0 fully saturated rings. The van der Waals surface area contributed by atoms with Crippen molar-refractivity contribution < 1.29 is 23.1 Å². The number of thioether (sulfide) groups is 1. The minimum absolute atomic E-state index is 0.0686. The Morgan fingerprint density at radius 1 is 1.54 bits per heavy atom. The van der Waals surface area contributed by atoms with E-state index in [0.717, 1.165) is 6.07 Å². The Labute approximate surface area is 144 Å². The Balaban J connectivity index is 2.65. The van der Waals surface area contributed by atoms with Gasteiger partial charge in [-0.2, -0.15) is 18.4 Å². The van der Waals surface area contributed by atoms with Gasteiger partial charge >= 0.3 is 12.1 Å². The number of pyridine rings is 1. The maximum Gasteiger partial charge on any atom is 0.417 e. The molecule has 9 heteroatoms. The van der Waals surface area contributed by atoms with E-state index in [-0.39, 0.29) is 17.1 Å². The number of hydrogen-bond acceptors (Lipinski definition) is 5. The summed E-state index contributed by atoms with van der Waals surface area (Å²) >= 11 is 1.87. The quantitative estimate of drug-likeness (QED) is 0.773. The predicted octanol–water partition coefficient (Wildman–Crippen LogP) is 4.66. The molecule has 24 heavy (non-hydrogen) atoms. The number of hydrogen-bond donors (Lipinski definition) is 1. The first-order valence-electron chi connectivity index (χ1n) is 6.73. The van der Waals surface area contributed by atoms with E-state index < -0.39 is 28.5 Å². The maximum absolute atomic E-state index is 13.3. The summed E-state index contributed by atoms with van der Waals surface area (Å²) < 4.78 is 39.9. The van der Waals surface area contributed by atoms with Crippen LogP contribution in [0.4, 0.5) is 13.2 Å². The van der Waals surface area contributed by atoms with Crippen LogP contribution in [0.1, 0.15) is 24.5 Å². The molecule has 0 radical (unpaired) electrons. The van der Waals surface area contributed by atoms with Crippen molar-refractivity contribution in [3.05, 3.63) is 34.7 Å². The number of rotatable bonds is 5. The molecule has 0 aliphatic heterocycles. The van der Waals surface area contributed by atoms with Crippen molar-refractivity contribution >= 4 is 29.1 Å². The van der Waals surface area contributed by atoms with Crippen LogP contribution in [-0.4, -0.2) is 21.3 Å². The summed E-state index contributed by atoms with van der Waals surface area (Å²) in [4.78, 5) is 15.8. The summed E-state index contributed by atoms with van der Waals surface area (Å²) in [5.74, 6) is -1.16. The van der Waals surface area contributed by atoms with Crippen molar-refractivity contribution in [3.8, 4) is 16.6 Å². The van der Waals surface area contributed by atoms with Crippen LogP contribution in [-0.2, 0) is 11.0 Å². The third kappa shape index (κ3) is 3.88. The normalized spacial score (nSPS) is 12.6. The van der Waals surface area contributed by atoms with E-state index in [1.165, 1.54) is 17.4 Å². The number of aromatic nitrogens is 1. The molecule has 2 aromatic heterocycles. The summed E-state index contributed by atoms with van der Waals surface area (Å²) in [7, 11) is 0. The highest BCUT2D eigenvalue weighted by Crippen LogP contribution is 2.39. The van der Waals surface area contributed by atoms with E-state index in [4.69, 9.17) is 10.4 Å². The highest BCUT2D eigenvalue weighted by molar-refractivity contribution is 8.00. The molecule has 0 saturated heterocycles. The molecule has 0 saturated carbocycles. The molecule has 1 atom stereocenters. The Kier molecular flexibility index (Phi) is 5.51. The van der Waals surface area contributed by atoms with Crippen molar-refractivity contribution in [3.63, 3.8) is 0 Å². The number of carbonyl (C=O) groups is 1. The molecule has 0 aliphatic carbocycles. The number of carboxylic acid groups (broad SMARTS) is 1. The molecule has 0 aromatic carbocycles. The second-order valence-corrected chi connectivity index (χ2v) is 6.81. The van der Waals surface area contributed by atoms with Crippen LogP contribution >= 0.6 is 23.1 Å². The Bertz CT molecular complexity index is 783. The van der Waals surface area contributed by atoms with Crippen molar-refractivity contribution in [2.24, 2.45) is 0 Å². The summed E-state index contributed by atoms with van der Waals surface area (Å²) in [5, 5.41) is 18.8. The van der Waals surface area contributed by atoms with Crippen LogP contribution in [0.5, 0.6) is 0 Å². The van der Waals surface area contributed by atoms with Crippen LogP contribution in [0.25, 0.3) is 10.6 Å². The van der Waals surface area contributed by atoms with Crippen LogP contribution in [0.3, 0.4) is 0 Å². The zero-order valence-corrected chi connectivity index (χ0v) is 13.9. The van der Waals surface area contributed by atoms with Gasteiger partial charge in [-0.15, -0.1) is 11.3 Å². The molecule has 2 aromatic rings. The molecule has 1 N–H and O–H groups in total. The monoisotopic (exact) mass is 372 g/mol. The SMILES string of the molecule is CCC(Sc1nc(-c2cccs2)cc(C(F)(F)F)c1C#N)C(=O)O. The highest BCUT2D eigenvalue weighted by Gasteiger charge is 2.36. The number of halogens is 3. The fourth-order valence-electron chi connectivity index (χ4n) is 1.93. The first-order chi connectivity index (χ1) is 11.3. The van der Waals surface area contributed by atoms with E-state index in [1.807, 2.05) is 0 Å². The summed E-state index contributed by atoms with van der Waals surface area (Å²) in [5.41, 5.74) is -1.68. The van der Waals surface area contributed by atoms with Gasteiger partial charge in [0.2, 0.25) is 0 Å². The predicted molar refractivity (Wildman–Crippen MR) is 84.8 cm³/mol. The van der Waals surface area contributed by atoms with Gasteiger partial charge in [-0.05, 0) is 23.9 Å². The van der Waals surface area contributed by atoms with E-state index >= 15 is 0 Å². The van der Waals surface area contributed by atoms with Gasteiger partial charge in [-0.3, -0.25) is 4.79 Å². The minimum Gasteiger partial charge on any atom is -0.480 e. The largest absolute Gasteiger partial charge is 0.480 e. The molecule has 0 aliphatic rings. The number of aliphatic carboxylic acids is 1. The topological polar surface area (TPSA) is 74.0 Å². The molecule has 126 valence electrons. The zero-order chi connectivity index (χ0) is 17.9.